The molecule has 0 spiro atoms. The number of thiazole rings is 1. The minimum Gasteiger partial charge on any atom is -0.326 e. The first kappa shape index (κ1) is 21.3. The van der Waals surface area contributed by atoms with Gasteiger partial charge in [0.25, 0.3) is 0 Å². The second-order valence-corrected chi connectivity index (χ2v) is 7.80. The Hall–Kier alpha value is -3.91. The molecule has 2 N–H and O–H groups in total. The topological polar surface area (TPSA) is 84.0 Å². The van der Waals surface area contributed by atoms with Crippen LogP contribution in [0.4, 0.5) is 15.8 Å². The zero-order valence-electron chi connectivity index (χ0n) is 16.9. The molecule has 0 aliphatic rings. The molecular formula is C24H19FN4O2S. The minimum atomic E-state index is -0.379. The smallest absolute Gasteiger partial charge is 0.224 e. The number of rotatable bonds is 7. The number of carbonyl (C=O) groups is 2. The van der Waals surface area contributed by atoms with Gasteiger partial charge in [-0.15, -0.1) is 11.3 Å². The Labute approximate surface area is 188 Å². The van der Waals surface area contributed by atoms with E-state index >= 15 is 0 Å². The van der Waals surface area contributed by atoms with Crippen molar-refractivity contribution in [3.63, 3.8) is 0 Å². The summed E-state index contributed by atoms with van der Waals surface area (Å²) in [5.74, 6) is -0.968. The van der Waals surface area contributed by atoms with Gasteiger partial charge in [0.2, 0.25) is 11.8 Å². The summed E-state index contributed by atoms with van der Waals surface area (Å²) in [6.45, 7) is 0. The number of benzene rings is 2. The third-order valence-electron chi connectivity index (χ3n) is 4.54. The van der Waals surface area contributed by atoms with Crippen molar-refractivity contribution in [1.29, 1.82) is 0 Å². The van der Waals surface area contributed by atoms with E-state index in [0.717, 1.165) is 22.0 Å². The summed E-state index contributed by atoms with van der Waals surface area (Å²) in [6.07, 6.45) is 1.77. The van der Waals surface area contributed by atoms with E-state index in [0.29, 0.717) is 11.4 Å². The summed E-state index contributed by atoms with van der Waals surface area (Å²) in [6, 6.07) is 18.5. The maximum absolute atomic E-state index is 12.9. The highest BCUT2D eigenvalue weighted by atomic mass is 32.1. The molecule has 0 aliphatic heterocycles. The number of carbonyl (C=O) groups excluding carboxylic acids is 2. The van der Waals surface area contributed by atoms with Crippen LogP contribution in [0.2, 0.25) is 0 Å². The van der Waals surface area contributed by atoms with Crippen molar-refractivity contribution in [3.8, 4) is 22.0 Å². The predicted molar refractivity (Wildman–Crippen MR) is 124 cm³/mol. The van der Waals surface area contributed by atoms with Crippen LogP contribution in [-0.4, -0.2) is 21.8 Å². The zero-order valence-corrected chi connectivity index (χ0v) is 17.7. The highest BCUT2D eigenvalue weighted by molar-refractivity contribution is 7.13. The van der Waals surface area contributed by atoms with E-state index in [2.05, 4.69) is 20.6 Å². The molecule has 2 aromatic heterocycles. The number of pyridine rings is 1. The van der Waals surface area contributed by atoms with E-state index in [9.17, 15) is 14.0 Å². The molecule has 6 nitrogen and oxygen atoms in total. The summed E-state index contributed by atoms with van der Waals surface area (Å²) in [4.78, 5) is 33.3. The van der Waals surface area contributed by atoms with Gasteiger partial charge in [-0.3, -0.25) is 14.6 Å². The molecule has 0 bridgehead atoms. The lowest BCUT2D eigenvalue weighted by Gasteiger charge is -2.07. The SMILES string of the molecule is O=C(CCC(=O)Nc1cccc(-c2csc(-c3ccccn3)n2)c1)Nc1ccc(F)cc1. The Morgan fingerprint density at radius 2 is 1.59 bits per heavy atom. The molecule has 0 saturated heterocycles. The number of hydrogen-bond donors (Lipinski definition) is 2. The van der Waals surface area contributed by atoms with Gasteiger partial charge >= 0.3 is 0 Å². The van der Waals surface area contributed by atoms with Crippen LogP contribution in [-0.2, 0) is 9.59 Å². The second-order valence-electron chi connectivity index (χ2n) is 6.94. The Morgan fingerprint density at radius 1 is 0.844 bits per heavy atom. The number of nitrogens with one attached hydrogen (secondary N) is 2. The molecule has 4 aromatic rings. The molecular weight excluding hydrogens is 427 g/mol. The van der Waals surface area contributed by atoms with Crippen molar-refractivity contribution in [1.82, 2.24) is 9.97 Å². The normalized spacial score (nSPS) is 10.5. The van der Waals surface area contributed by atoms with Gasteiger partial charge in [0, 0.05) is 41.4 Å². The van der Waals surface area contributed by atoms with Crippen molar-refractivity contribution in [2.75, 3.05) is 10.6 Å². The number of nitrogens with zero attached hydrogens (tertiary/aromatic N) is 2. The lowest BCUT2D eigenvalue weighted by Crippen LogP contribution is -2.17. The standard InChI is InChI=1S/C24H19FN4O2S/c25-17-7-9-18(10-8-17)27-22(30)11-12-23(31)28-19-5-3-4-16(14-19)21-15-32-24(29-21)20-6-1-2-13-26-20/h1-10,13-15H,11-12H2,(H,27,30)(H,28,31). The van der Waals surface area contributed by atoms with Crippen LogP contribution < -0.4 is 10.6 Å². The van der Waals surface area contributed by atoms with Crippen LogP contribution in [0.25, 0.3) is 22.0 Å². The van der Waals surface area contributed by atoms with Gasteiger partial charge in [-0.2, -0.15) is 0 Å². The number of anilines is 2. The molecule has 0 fully saturated rings. The fraction of sp³-hybridized carbons (Fsp3) is 0.0833. The first-order valence-corrected chi connectivity index (χ1v) is 10.8. The van der Waals surface area contributed by atoms with Gasteiger partial charge in [-0.1, -0.05) is 18.2 Å². The van der Waals surface area contributed by atoms with E-state index in [-0.39, 0.29) is 30.5 Å². The Morgan fingerprint density at radius 3 is 2.31 bits per heavy atom. The fourth-order valence-electron chi connectivity index (χ4n) is 2.98. The molecule has 160 valence electrons. The Kier molecular flexibility index (Phi) is 6.62. The van der Waals surface area contributed by atoms with E-state index < -0.39 is 0 Å². The van der Waals surface area contributed by atoms with Crippen molar-refractivity contribution in [2.45, 2.75) is 12.8 Å². The van der Waals surface area contributed by atoms with Crippen LogP contribution >= 0.6 is 11.3 Å². The van der Waals surface area contributed by atoms with Gasteiger partial charge in [0.1, 0.15) is 10.8 Å². The van der Waals surface area contributed by atoms with Gasteiger partial charge in [-0.25, -0.2) is 9.37 Å². The van der Waals surface area contributed by atoms with Crippen LogP contribution in [0.15, 0.2) is 78.3 Å². The monoisotopic (exact) mass is 446 g/mol. The molecule has 0 atom stereocenters. The Balaban J connectivity index is 1.33. The summed E-state index contributed by atoms with van der Waals surface area (Å²) < 4.78 is 12.9. The molecule has 0 unspecified atom stereocenters. The maximum atomic E-state index is 12.9. The molecule has 4 rings (SSSR count). The van der Waals surface area contributed by atoms with E-state index in [1.165, 1.54) is 35.6 Å². The summed E-state index contributed by atoms with van der Waals surface area (Å²) >= 11 is 1.50. The van der Waals surface area contributed by atoms with Crippen LogP contribution in [0.5, 0.6) is 0 Å². The van der Waals surface area contributed by atoms with Crippen LogP contribution in [0.1, 0.15) is 12.8 Å². The first-order valence-electron chi connectivity index (χ1n) is 9.89. The highest BCUT2D eigenvalue weighted by Gasteiger charge is 2.11. The third-order valence-corrected chi connectivity index (χ3v) is 5.40. The average molecular weight is 447 g/mol. The van der Waals surface area contributed by atoms with Crippen molar-refractivity contribution in [2.24, 2.45) is 0 Å². The largest absolute Gasteiger partial charge is 0.326 e. The van der Waals surface area contributed by atoms with Crippen molar-refractivity contribution < 1.29 is 14.0 Å². The van der Waals surface area contributed by atoms with Gasteiger partial charge in [0.05, 0.1) is 11.4 Å². The maximum Gasteiger partial charge on any atom is 0.224 e. The number of hydrogen-bond acceptors (Lipinski definition) is 5. The summed E-state index contributed by atoms with van der Waals surface area (Å²) in [5, 5.41) is 8.22. The fourth-order valence-corrected chi connectivity index (χ4v) is 3.78. The average Bonchev–Trinajstić information content (AvgIpc) is 3.31. The Bertz CT molecular complexity index is 1230. The molecule has 8 heteroatoms. The lowest BCUT2D eigenvalue weighted by atomic mass is 10.1. The molecule has 0 aliphatic carbocycles. The molecule has 0 saturated carbocycles. The highest BCUT2D eigenvalue weighted by Crippen LogP contribution is 2.29. The molecule has 2 heterocycles. The molecule has 2 amide bonds. The first-order chi connectivity index (χ1) is 15.6. The van der Waals surface area contributed by atoms with E-state index in [1.807, 2.05) is 41.8 Å². The van der Waals surface area contributed by atoms with Crippen molar-refractivity contribution in [3.05, 3.63) is 84.1 Å². The number of aromatic nitrogens is 2. The number of amides is 2. The van der Waals surface area contributed by atoms with Gasteiger partial charge in [-0.05, 0) is 48.5 Å². The quantitative estimate of drug-likeness (QED) is 0.400. The van der Waals surface area contributed by atoms with Gasteiger partial charge < -0.3 is 10.6 Å². The summed E-state index contributed by atoms with van der Waals surface area (Å²) in [5.41, 5.74) is 3.59. The molecule has 2 aromatic carbocycles. The van der Waals surface area contributed by atoms with E-state index in [4.69, 9.17) is 0 Å². The van der Waals surface area contributed by atoms with E-state index in [1.54, 1.807) is 12.3 Å². The second kappa shape index (κ2) is 9.93. The number of halogens is 1. The predicted octanol–water partition coefficient (Wildman–Crippen LogP) is 5.37. The molecule has 32 heavy (non-hydrogen) atoms. The van der Waals surface area contributed by atoms with Crippen LogP contribution in [0, 0.1) is 5.82 Å². The lowest BCUT2D eigenvalue weighted by molar-refractivity contribution is -0.121. The van der Waals surface area contributed by atoms with Crippen molar-refractivity contribution >= 4 is 34.5 Å². The van der Waals surface area contributed by atoms with Crippen LogP contribution in [0.3, 0.4) is 0 Å². The zero-order chi connectivity index (χ0) is 22.3. The minimum absolute atomic E-state index is 0.0163. The summed E-state index contributed by atoms with van der Waals surface area (Å²) in [7, 11) is 0. The molecule has 0 radical (unpaired) electrons. The third kappa shape index (κ3) is 5.61. The van der Waals surface area contributed by atoms with Gasteiger partial charge in [0.15, 0.2) is 0 Å².